The summed E-state index contributed by atoms with van der Waals surface area (Å²) in [4.78, 5) is 2.73. The Hall–Kier alpha value is -0.120. The van der Waals surface area contributed by atoms with Gasteiger partial charge >= 0.3 is 0 Å². The van der Waals surface area contributed by atoms with Gasteiger partial charge in [0.1, 0.15) is 0 Å². The average molecular weight is 254 g/mol. The fourth-order valence-corrected chi connectivity index (χ4v) is 3.93. The molecule has 0 saturated carbocycles. The minimum atomic E-state index is 0.194. The molecule has 106 valence electrons. The molecule has 0 aromatic heterocycles. The highest BCUT2D eigenvalue weighted by molar-refractivity contribution is 4.99. The molecule has 18 heavy (non-hydrogen) atoms. The summed E-state index contributed by atoms with van der Waals surface area (Å²) in [5.41, 5.74) is 0.194. The van der Waals surface area contributed by atoms with Crippen molar-refractivity contribution in [3.05, 3.63) is 0 Å². The molecule has 0 aromatic carbocycles. The molecule has 0 aromatic rings. The van der Waals surface area contributed by atoms with Crippen LogP contribution in [0.15, 0.2) is 0 Å². The Morgan fingerprint density at radius 2 is 2.17 bits per heavy atom. The predicted molar refractivity (Wildman–Crippen MR) is 75.9 cm³/mol. The van der Waals surface area contributed by atoms with Crippen molar-refractivity contribution in [2.75, 3.05) is 26.8 Å². The van der Waals surface area contributed by atoms with Crippen LogP contribution in [0.4, 0.5) is 0 Å². The van der Waals surface area contributed by atoms with Crippen molar-refractivity contribution < 1.29 is 4.74 Å². The molecule has 0 radical (unpaired) electrons. The van der Waals surface area contributed by atoms with Crippen molar-refractivity contribution in [3.63, 3.8) is 0 Å². The van der Waals surface area contributed by atoms with E-state index in [0.29, 0.717) is 6.04 Å². The van der Waals surface area contributed by atoms with Crippen LogP contribution in [0.3, 0.4) is 0 Å². The van der Waals surface area contributed by atoms with Gasteiger partial charge in [0.05, 0.1) is 6.61 Å². The molecule has 2 aliphatic rings. The van der Waals surface area contributed by atoms with Crippen molar-refractivity contribution in [2.24, 2.45) is 5.92 Å². The van der Waals surface area contributed by atoms with Gasteiger partial charge in [-0.05, 0) is 52.5 Å². The number of nitrogens with one attached hydrogen (secondary N) is 1. The number of rotatable bonds is 4. The Bertz CT molecular complexity index is 269. The minimum Gasteiger partial charge on any atom is -0.383 e. The highest BCUT2D eigenvalue weighted by Crippen LogP contribution is 2.34. The monoisotopic (exact) mass is 254 g/mol. The minimum absolute atomic E-state index is 0.194. The maximum absolute atomic E-state index is 5.36. The van der Waals surface area contributed by atoms with Gasteiger partial charge in [0, 0.05) is 31.3 Å². The number of methoxy groups -OCH3 is 1. The van der Waals surface area contributed by atoms with E-state index in [1.165, 1.54) is 32.2 Å². The molecule has 0 aliphatic carbocycles. The van der Waals surface area contributed by atoms with Crippen LogP contribution in [0.5, 0.6) is 0 Å². The third kappa shape index (κ3) is 3.06. The van der Waals surface area contributed by atoms with Crippen molar-refractivity contribution in [1.29, 1.82) is 0 Å². The normalized spacial score (nSPS) is 38.5. The Morgan fingerprint density at radius 1 is 1.39 bits per heavy atom. The highest BCUT2D eigenvalue weighted by Gasteiger charge is 2.41. The lowest BCUT2D eigenvalue weighted by molar-refractivity contribution is 0.0688. The van der Waals surface area contributed by atoms with Gasteiger partial charge in [-0.3, -0.25) is 4.90 Å². The summed E-state index contributed by atoms with van der Waals surface area (Å²) < 4.78 is 5.36. The zero-order valence-electron chi connectivity index (χ0n) is 12.5. The molecule has 2 heterocycles. The van der Waals surface area contributed by atoms with Gasteiger partial charge in [-0.1, -0.05) is 6.42 Å². The summed E-state index contributed by atoms with van der Waals surface area (Å²) in [6.45, 7) is 10.3. The Labute approximate surface area is 112 Å². The molecule has 1 N–H and O–H groups in total. The van der Waals surface area contributed by atoms with Crippen LogP contribution in [0.2, 0.25) is 0 Å². The van der Waals surface area contributed by atoms with E-state index in [0.717, 1.165) is 25.1 Å². The summed E-state index contributed by atoms with van der Waals surface area (Å²) in [5.74, 6) is 0.799. The van der Waals surface area contributed by atoms with E-state index in [4.69, 9.17) is 4.74 Å². The van der Waals surface area contributed by atoms with Crippen LogP contribution in [-0.4, -0.2) is 49.3 Å². The van der Waals surface area contributed by atoms with Gasteiger partial charge < -0.3 is 10.1 Å². The van der Waals surface area contributed by atoms with Gasteiger partial charge in [0.2, 0.25) is 0 Å². The van der Waals surface area contributed by atoms with Crippen molar-refractivity contribution >= 4 is 0 Å². The first kappa shape index (κ1) is 14.3. The van der Waals surface area contributed by atoms with E-state index in [-0.39, 0.29) is 5.54 Å². The first-order valence-electron chi connectivity index (χ1n) is 7.55. The summed E-state index contributed by atoms with van der Waals surface area (Å²) in [7, 11) is 1.81. The molecule has 2 fully saturated rings. The zero-order chi connectivity index (χ0) is 13.2. The lowest BCUT2D eigenvalue weighted by Gasteiger charge is -2.42. The van der Waals surface area contributed by atoms with Crippen LogP contribution in [0.25, 0.3) is 0 Å². The lowest BCUT2D eigenvalue weighted by Crippen LogP contribution is -2.48. The van der Waals surface area contributed by atoms with Crippen molar-refractivity contribution in [2.45, 2.75) is 64.1 Å². The van der Waals surface area contributed by atoms with Gasteiger partial charge in [-0.15, -0.1) is 0 Å². The van der Waals surface area contributed by atoms with Crippen LogP contribution < -0.4 is 5.32 Å². The molecular weight excluding hydrogens is 224 g/mol. The third-order valence-electron chi connectivity index (χ3n) is 4.77. The summed E-state index contributed by atoms with van der Waals surface area (Å²) in [5, 5.41) is 3.69. The predicted octanol–water partition coefficient (Wildman–Crippen LogP) is 2.26. The van der Waals surface area contributed by atoms with E-state index in [1.54, 1.807) is 7.11 Å². The molecule has 0 spiro atoms. The van der Waals surface area contributed by atoms with Crippen LogP contribution in [-0.2, 0) is 4.74 Å². The molecular formula is C15H30N2O. The summed E-state index contributed by atoms with van der Waals surface area (Å²) >= 11 is 0. The topological polar surface area (TPSA) is 24.5 Å². The second-order valence-electron chi connectivity index (χ2n) is 6.73. The fourth-order valence-electron chi connectivity index (χ4n) is 3.93. The second-order valence-corrected chi connectivity index (χ2v) is 6.73. The summed E-state index contributed by atoms with van der Waals surface area (Å²) in [6, 6.07) is 1.47. The number of likely N-dealkylation sites (tertiary alicyclic amines) is 1. The first-order chi connectivity index (χ1) is 8.56. The number of ether oxygens (including phenoxy) is 1. The highest BCUT2D eigenvalue weighted by atomic mass is 16.5. The van der Waals surface area contributed by atoms with Gasteiger partial charge in [-0.25, -0.2) is 0 Å². The van der Waals surface area contributed by atoms with Gasteiger partial charge in [0.15, 0.2) is 0 Å². The molecule has 3 heteroatoms. The molecule has 3 unspecified atom stereocenters. The first-order valence-corrected chi connectivity index (χ1v) is 7.55. The quantitative estimate of drug-likeness (QED) is 0.833. The van der Waals surface area contributed by atoms with E-state index >= 15 is 0 Å². The Morgan fingerprint density at radius 3 is 2.83 bits per heavy atom. The van der Waals surface area contributed by atoms with Crippen LogP contribution >= 0.6 is 0 Å². The zero-order valence-corrected chi connectivity index (χ0v) is 12.5. The summed E-state index contributed by atoms with van der Waals surface area (Å²) in [6.07, 6.45) is 5.43. The fraction of sp³-hybridized carbons (Fsp3) is 1.00. The van der Waals surface area contributed by atoms with Crippen molar-refractivity contribution in [1.82, 2.24) is 10.2 Å². The third-order valence-corrected chi connectivity index (χ3v) is 4.77. The number of hydrogen-bond acceptors (Lipinski definition) is 3. The maximum Gasteiger partial charge on any atom is 0.0641 e. The molecule has 2 rings (SSSR count). The lowest BCUT2D eigenvalue weighted by atomic mass is 9.85. The van der Waals surface area contributed by atoms with Crippen LogP contribution in [0.1, 0.15) is 46.5 Å². The van der Waals surface area contributed by atoms with Gasteiger partial charge in [0.25, 0.3) is 0 Å². The molecule has 2 saturated heterocycles. The Kier molecular flexibility index (Phi) is 4.68. The van der Waals surface area contributed by atoms with E-state index in [2.05, 4.69) is 31.0 Å². The average Bonchev–Trinajstić information content (AvgIpc) is 2.72. The molecule has 2 aliphatic heterocycles. The molecule has 0 amide bonds. The second kappa shape index (κ2) is 5.89. The molecule has 0 bridgehead atoms. The largest absolute Gasteiger partial charge is 0.383 e. The van der Waals surface area contributed by atoms with Crippen molar-refractivity contribution in [3.8, 4) is 0 Å². The molecule has 3 atom stereocenters. The van der Waals surface area contributed by atoms with E-state index in [1.807, 2.05) is 0 Å². The smallest absolute Gasteiger partial charge is 0.0641 e. The standard InChI is InChI=1S/C15H30N2O/c1-12(2)17-8-6-5-7-14(17)13-9-15(3,11-18-4)16-10-13/h12-14,16H,5-11H2,1-4H3. The van der Waals surface area contributed by atoms with Gasteiger partial charge in [-0.2, -0.15) is 0 Å². The maximum atomic E-state index is 5.36. The number of piperidine rings is 1. The Balaban J connectivity index is 1.98. The number of hydrogen-bond donors (Lipinski definition) is 1. The SMILES string of the molecule is COCC1(C)CC(C2CCCCN2C(C)C)CN1. The molecule has 3 nitrogen and oxygen atoms in total. The van der Waals surface area contributed by atoms with E-state index in [9.17, 15) is 0 Å². The van der Waals surface area contributed by atoms with Crippen LogP contribution in [0, 0.1) is 5.92 Å². The number of nitrogens with zero attached hydrogens (tertiary/aromatic N) is 1. The van der Waals surface area contributed by atoms with E-state index < -0.39 is 0 Å².